The van der Waals surface area contributed by atoms with E-state index in [4.69, 9.17) is 18.6 Å². The maximum absolute atomic E-state index is 6.43. The fourth-order valence-corrected chi connectivity index (χ4v) is 3.52. The number of hydrogen-bond acceptors (Lipinski definition) is 5. The van der Waals surface area contributed by atoms with Crippen LogP contribution in [-0.2, 0) is 18.6 Å². The van der Waals surface area contributed by atoms with Gasteiger partial charge >= 0.3 is 14.2 Å². The molecule has 2 saturated heterocycles. The average molecular weight is 387 g/mol. The fourth-order valence-electron chi connectivity index (χ4n) is 3.52. The van der Waals surface area contributed by atoms with Crippen LogP contribution in [-0.4, -0.2) is 50.7 Å². The molecule has 0 N–H and O–H groups in total. The van der Waals surface area contributed by atoms with Gasteiger partial charge in [0.05, 0.1) is 28.1 Å². The van der Waals surface area contributed by atoms with Gasteiger partial charge in [0.15, 0.2) is 0 Å². The minimum atomic E-state index is -0.461. The number of rotatable bonds is 4. The lowest BCUT2D eigenvalue weighted by Gasteiger charge is -2.32. The molecule has 7 heteroatoms. The lowest BCUT2D eigenvalue weighted by molar-refractivity contribution is 0.00578. The first kappa shape index (κ1) is 21.7. The highest BCUT2D eigenvalue weighted by molar-refractivity contribution is 6.68. The summed E-state index contributed by atoms with van der Waals surface area (Å²) < 4.78 is 25.7. The van der Waals surface area contributed by atoms with Crippen molar-refractivity contribution in [3.63, 3.8) is 0 Å². The second-order valence-corrected chi connectivity index (χ2v) is 10.3. The lowest BCUT2D eigenvalue weighted by atomic mass is 9.49. The van der Waals surface area contributed by atoms with E-state index in [9.17, 15) is 0 Å². The molecule has 0 spiro atoms. The molecule has 0 atom stereocenters. The molecule has 2 fully saturated rings. The van der Waals surface area contributed by atoms with Crippen LogP contribution in [0.25, 0.3) is 0 Å². The van der Waals surface area contributed by atoms with Crippen LogP contribution < -0.4 is 4.90 Å². The summed E-state index contributed by atoms with van der Waals surface area (Å²) in [5.74, 6) is 0. The Bertz CT molecular complexity index is 665. The maximum atomic E-state index is 6.43. The third-order valence-electron chi connectivity index (χ3n) is 6.90. The van der Waals surface area contributed by atoms with E-state index in [1.165, 1.54) is 0 Å². The number of nitrogens with zero attached hydrogens (tertiary/aromatic N) is 1. The molecule has 2 aliphatic heterocycles. The standard InChI is InChI=1S/C21H35B2NO4/c1-18(2)19(3,4)26-22(25-18)17(15-12-11-13-16(14-15)24(9)10)23-27-20(5,6)21(7,8)28-23/h11-14,17H,1-10H3. The van der Waals surface area contributed by atoms with Crippen LogP contribution in [0.15, 0.2) is 24.3 Å². The molecule has 1 aromatic rings. The van der Waals surface area contributed by atoms with Crippen LogP contribution in [0.3, 0.4) is 0 Å². The van der Waals surface area contributed by atoms with Crippen molar-refractivity contribution in [2.75, 3.05) is 19.0 Å². The second-order valence-electron chi connectivity index (χ2n) is 10.3. The van der Waals surface area contributed by atoms with Gasteiger partial charge in [0.1, 0.15) is 0 Å². The molecule has 0 radical (unpaired) electrons. The first-order valence-electron chi connectivity index (χ1n) is 10.2. The molecule has 3 rings (SSSR count). The molecule has 2 heterocycles. The monoisotopic (exact) mass is 387 g/mol. The molecule has 0 bridgehead atoms. The smallest absolute Gasteiger partial charge is 0.403 e. The fraction of sp³-hybridized carbons (Fsp3) is 0.714. The van der Waals surface area contributed by atoms with Crippen LogP contribution in [0.5, 0.6) is 0 Å². The molecule has 1 aromatic carbocycles. The Balaban J connectivity index is 2.02. The van der Waals surface area contributed by atoms with E-state index in [1.54, 1.807) is 0 Å². The Labute approximate surface area is 171 Å². The largest absolute Gasteiger partial charge is 0.463 e. The molecule has 28 heavy (non-hydrogen) atoms. The molecular formula is C21H35B2NO4. The summed E-state index contributed by atoms with van der Waals surface area (Å²) in [6.45, 7) is 16.6. The Morgan fingerprint density at radius 2 is 1.11 bits per heavy atom. The quantitative estimate of drug-likeness (QED) is 0.728. The second kappa shape index (κ2) is 6.76. The minimum absolute atomic E-state index is 0.206. The van der Waals surface area contributed by atoms with Gasteiger partial charge in [-0.2, -0.15) is 0 Å². The molecule has 0 saturated carbocycles. The zero-order chi connectivity index (χ0) is 21.1. The van der Waals surface area contributed by atoms with Gasteiger partial charge in [-0.25, -0.2) is 0 Å². The van der Waals surface area contributed by atoms with Crippen molar-refractivity contribution in [1.82, 2.24) is 0 Å². The summed E-state index contributed by atoms with van der Waals surface area (Å²) >= 11 is 0. The molecule has 5 nitrogen and oxygen atoms in total. The Kier molecular flexibility index (Phi) is 5.24. The van der Waals surface area contributed by atoms with Crippen molar-refractivity contribution >= 4 is 19.9 Å². The predicted octanol–water partition coefficient (Wildman–Crippen LogP) is 4.10. The van der Waals surface area contributed by atoms with E-state index in [0.717, 1.165) is 11.3 Å². The Hall–Kier alpha value is -1.01. The van der Waals surface area contributed by atoms with Gasteiger partial charge in [0.25, 0.3) is 0 Å². The Morgan fingerprint density at radius 3 is 1.46 bits per heavy atom. The molecule has 154 valence electrons. The summed E-state index contributed by atoms with van der Waals surface area (Å²) in [5.41, 5.74) is 0.329. The van der Waals surface area contributed by atoms with E-state index < -0.39 is 36.6 Å². The normalized spacial score (nSPS) is 24.8. The van der Waals surface area contributed by atoms with E-state index in [1.807, 2.05) is 14.1 Å². The van der Waals surface area contributed by atoms with E-state index >= 15 is 0 Å². The molecular weight excluding hydrogens is 352 g/mol. The van der Waals surface area contributed by atoms with E-state index in [-0.39, 0.29) is 5.72 Å². The molecule has 2 aliphatic rings. The SMILES string of the molecule is CN(C)c1cccc(C(B2OC(C)(C)C(C)(C)O2)B2OC(C)(C)C(C)(C)O2)c1. The molecule has 0 aliphatic carbocycles. The minimum Gasteiger partial charge on any atom is -0.403 e. The average Bonchev–Trinajstić information content (AvgIpc) is 2.87. The third kappa shape index (κ3) is 3.62. The van der Waals surface area contributed by atoms with Crippen LogP contribution in [0.1, 0.15) is 66.7 Å². The van der Waals surface area contributed by atoms with Crippen molar-refractivity contribution in [2.45, 2.75) is 83.5 Å². The van der Waals surface area contributed by atoms with Crippen molar-refractivity contribution in [2.24, 2.45) is 0 Å². The van der Waals surface area contributed by atoms with Gasteiger partial charge < -0.3 is 23.5 Å². The van der Waals surface area contributed by atoms with E-state index in [2.05, 4.69) is 84.6 Å². The topological polar surface area (TPSA) is 40.2 Å². The summed E-state index contributed by atoms with van der Waals surface area (Å²) in [6.07, 6.45) is 0. The van der Waals surface area contributed by atoms with Gasteiger partial charge in [0.2, 0.25) is 0 Å². The zero-order valence-corrected chi connectivity index (χ0v) is 19.1. The van der Waals surface area contributed by atoms with Crippen LogP contribution in [0, 0.1) is 0 Å². The Morgan fingerprint density at radius 1 is 0.714 bits per heavy atom. The summed E-state index contributed by atoms with van der Waals surface area (Å²) in [5, 5.41) is 0. The molecule has 0 unspecified atom stereocenters. The third-order valence-corrected chi connectivity index (χ3v) is 6.90. The highest BCUT2D eigenvalue weighted by Gasteiger charge is 2.62. The first-order valence-corrected chi connectivity index (χ1v) is 10.2. The van der Waals surface area contributed by atoms with Gasteiger partial charge in [0, 0.05) is 19.8 Å². The first-order chi connectivity index (χ1) is 12.7. The van der Waals surface area contributed by atoms with Crippen molar-refractivity contribution in [1.29, 1.82) is 0 Å². The number of anilines is 1. The zero-order valence-electron chi connectivity index (χ0n) is 19.1. The van der Waals surface area contributed by atoms with Crippen molar-refractivity contribution < 1.29 is 18.6 Å². The van der Waals surface area contributed by atoms with Crippen molar-refractivity contribution in [3.05, 3.63) is 29.8 Å². The van der Waals surface area contributed by atoms with Crippen molar-refractivity contribution in [3.8, 4) is 0 Å². The lowest BCUT2D eigenvalue weighted by Crippen LogP contribution is -2.41. The van der Waals surface area contributed by atoms with Gasteiger partial charge in [-0.3, -0.25) is 0 Å². The predicted molar refractivity (Wildman–Crippen MR) is 116 cm³/mol. The van der Waals surface area contributed by atoms with E-state index in [0.29, 0.717) is 0 Å². The van der Waals surface area contributed by atoms with Crippen LogP contribution in [0.4, 0.5) is 5.69 Å². The summed E-state index contributed by atoms with van der Waals surface area (Å²) in [7, 11) is 3.16. The van der Waals surface area contributed by atoms with Gasteiger partial charge in [-0.1, -0.05) is 12.1 Å². The van der Waals surface area contributed by atoms with Gasteiger partial charge in [-0.05, 0) is 73.1 Å². The summed E-state index contributed by atoms with van der Waals surface area (Å²) in [6, 6.07) is 8.43. The number of benzene rings is 1. The molecule has 0 amide bonds. The maximum Gasteiger partial charge on any atom is 0.463 e. The summed E-state index contributed by atoms with van der Waals surface area (Å²) in [4.78, 5) is 2.09. The van der Waals surface area contributed by atoms with Crippen LogP contribution in [0.2, 0.25) is 0 Å². The highest BCUT2D eigenvalue weighted by atomic mass is 16.7. The molecule has 0 aromatic heterocycles. The highest BCUT2D eigenvalue weighted by Crippen LogP contribution is 2.46. The van der Waals surface area contributed by atoms with Gasteiger partial charge in [-0.15, -0.1) is 0 Å². The van der Waals surface area contributed by atoms with Crippen LogP contribution >= 0.6 is 0 Å². The number of hydrogen-bond donors (Lipinski definition) is 0.